The van der Waals surface area contributed by atoms with Crippen LogP contribution in [0.1, 0.15) is 21.6 Å². The van der Waals surface area contributed by atoms with Gasteiger partial charge in [0.1, 0.15) is 23.1 Å². The second-order valence-electron chi connectivity index (χ2n) is 7.77. The summed E-state index contributed by atoms with van der Waals surface area (Å²) in [6.07, 6.45) is 1.54. The average Bonchev–Trinajstić information content (AvgIpc) is 3.30. The van der Waals surface area contributed by atoms with Gasteiger partial charge < -0.3 is 14.8 Å². The molecular weight excluding hydrogens is 455 g/mol. The van der Waals surface area contributed by atoms with Gasteiger partial charge in [-0.1, -0.05) is 12.1 Å². The number of non-ortho nitro benzene ring substituents is 1. The molecule has 1 amide bonds. The molecule has 0 aliphatic rings. The van der Waals surface area contributed by atoms with Crippen molar-refractivity contribution in [2.45, 2.75) is 20.6 Å². The molecular formula is C25H21FN4O5. The first kappa shape index (κ1) is 23.4. The van der Waals surface area contributed by atoms with E-state index in [0.717, 1.165) is 11.1 Å². The number of carbonyl (C=O) groups excluding carboxylic acids is 1. The topological polar surface area (TPSA) is 109 Å². The van der Waals surface area contributed by atoms with Crippen molar-refractivity contribution in [2.75, 3.05) is 5.32 Å². The van der Waals surface area contributed by atoms with Crippen molar-refractivity contribution in [2.24, 2.45) is 0 Å². The Morgan fingerprint density at radius 2 is 1.83 bits per heavy atom. The Balaban J connectivity index is 1.48. The van der Waals surface area contributed by atoms with Crippen LogP contribution >= 0.6 is 0 Å². The molecule has 0 atom stereocenters. The minimum Gasteiger partial charge on any atom is -0.471 e. The summed E-state index contributed by atoms with van der Waals surface area (Å²) < 4.78 is 25.8. The summed E-state index contributed by atoms with van der Waals surface area (Å²) in [5.74, 6) is 0.271. The first-order valence-electron chi connectivity index (χ1n) is 10.5. The van der Waals surface area contributed by atoms with E-state index in [9.17, 15) is 19.3 Å². The number of benzene rings is 3. The molecule has 0 bridgehead atoms. The minimum atomic E-state index is -0.566. The fourth-order valence-corrected chi connectivity index (χ4v) is 3.19. The van der Waals surface area contributed by atoms with Crippen molar-refractivity contribution in [3.05, 3.63) is 106 Å². The highest BCUT2D eigenvalue weighted by molar-refractivity contribution is 6.03. The van der Waals surface area contributed by atoms with Crippen LogP contribution in [0, 0.1) is 29.8 Å². The van der Waals surface area contributed by atoms with Gasteiger partial charge in [0.2, 0.25) is 0 Å². The van der Waals surface area contributed by atoms with Crippen LogP contribution in [0.5, 0.6) is 17.2 Å². The molecule has 1 aromatic heterocycles. The van der Waals surface area contributed by atoms with Crippen LogP contribution in [0.2, 0.25) is 0 Å². The first-order valence-corrected chi connectivity index (χ1v) is 10.5. The number of hydrogen-bond acceptors (Lipinski definition) is 6. The van der Waals surface area contributed by atoms with Crippen LogP contribution in [-0.2, 0) is 6.73 Å². The van der Waals surface area contributed by atoms with Crippen LogP contribution in [0.15, 0.2) is 72.9 Å². The van der Waals surface area contributed by atoms with Crippen molar-refractivity contribution >= 4 is 17.3 Å². The van der Waals surface area contributed by atoms with Crippen molar-refractivity contribution < 1.29 is 23.6 Å². The highest BCUT2D eigenvalue weighted by Gasteiger charge is 2.16. The van der Waals surface area contributed by atoms with Crippen LogP contribution < -0.4 is 14.8 Å². The SMILES string of the molecule is Cc1ccc(C)c(Oc2cc(NC(=O)c3ccn(COc4ccc(F)cc4)n3)cc([N+](=O)[O-])c2)c1. The van der Waals surface area contributed by atoms with Crippen LogP contribution in [-0.4, -0.2) is 20.6 Å². The van der Waals surface area contributed by atoms with Crippen LogP contribution in [0.25, 0.3) is 0 Å². The lowest BCUT2D eigenvalue weighted by molar-refractivity contribution is -0.384. The Morgan fingerprint density at radius 3 is 2.57 bits per heavy atom. The number of nitro benzene ring substituents is 1. The number of halogens is 1. The number of rotatable bonds is 8. The first-order chi connectivity index (χ1) is 16.8. The number of aryl methyl sites for hydroxylation is 2. The molecule has 0 aliphatic heterocycles. The number of amides is 1. The monoisotopic (exact) mass is 476 g/mol. The summed E-state index contributed by atoms with van der Waals surface area (Å²) >= 11 is 0. The molecule has 0 aliphatic carbocycles. The van der Waals surface area contributed by atoms with E-state index in [0.29, 0.717) is 11.5 Å². The molecule has 1 heterocycles. The molecule has 9 nitrogen and oxygen atoms in total. The van der Waals surface area contributed by atoms with Gasteiger partial charge in [-0.05, 0) is 61.4 Å². The number of nitro groups is 1. The van der Waals surface area contributed by atoms with E-state index in [1.807, 2.05) is 32.0 Å². The Bertz CT molecular complexity index is 1390. The fourth-order valence-electron chi connectivity index (χ4n) is 3.19. The summed E-state index contributed by atoms with van der Waals surface area (Å²) in [6.45, 7) is 3.78. The molecule has 0 saturated carbocycles. The van der Waals surface area contributed by atoms with E-state index in [1.165, 1.54) is 53.2 Å². The largest absolute Gasteiger partial charge is 0.471 e. The second-order valence-corrected chi connectivity index (χ2v) is 7.77. The van der Waals surface area contributed by atoms with E-state index in [1.54, 1.807) is 6.20 Å². The fraction of sp³-hybridized carbons (Fsp3) is 0.120. The highest BCUT2D eigenvalue weighted by Crippen LogP contribution is 2.32. The van der Waals surface area contributed by atoms with E-state index in [4.69, 9.17) is 9.47 Å². The third-order valence-electron chi connectivity index (χ3n) is 4.98. The molecule has 0 saturated heterocycles. The number of anilines is 1. The molecule has 0 unspecified atom stereocenters. The number of nitrogens with one attached hydrogen (secondary N) is 1. The van der Waals surface area contributed by atoms with Gasteiger partial charge in [0.15, 0.2) is 12.4 Å². The van der Waals surface area contributed by atoms with Crippen molar-refractivity contribution in [1.82, 2.24) is 9.78 Å². The maximum Gasteiger partial charge on any atom is 0.276 e. The van der Waals surface area contributed by atoms with Gasteiger partial charge in [0.05, 0.1) is 16.7 Å². The van der Waals surface area contributed by atoms with Gasteiger partial charge >= 0.3 is 0 Å². The Kier molecular flexibility index (Phi) is 6.72. The Labute approximate surface area is 199 Å². The van der Waals surface area contributed by atoms with E-state index >= 15 is 0 Å². The van der Waals surface area contributed by atoms with E-state index in [2.05, 4.69) is 10.4 Å². The average molecular weight is 476 g/mol. The molecule has 35 heavy (non-hydrogen) atoms. The zero-order chi connectivity index (χ0) is 24.9. The summed E-state index contributed by atoms with van der Waals surface area (Å²) in [4.78, 5) is 23.6. The summed E-state index contributed by atoms with van der Waals surface area (Å²) in [5.41, 5.74) is 1.86. The third-order valence-corrected chi connectivity index (χ3v) is 4.98. The molecule has 10 heteroatoms. The quantitative estimate of drug-likeness (QED) is 0.261. The maximum absolute atomic E-state index is 13.0. The van der Waals surface area contributed by atoms with Gasteiger partial charge in [-0.25, -0.2) is 9.07 Å². The van der Waals surface area contributed by atoms with E-state index in [-0.39, 0.29) is 35.4 Å². The number of nitrogens with zero attached hydrogens (tertiary/aromatic N) is 3. The summed E-state index contributed by atoms with van der Waals surface area (Å²) in [5, 5.41) is 18.2. The lowest BCUT2D eigenvalue weighted by Gasteiger charge is -2.11. The predicted octanol–water partition coefficient (Wildman–Crippen LogP) is 5.63. The molecule has 4 rings (SSSR count). The van der Waals surface area contributed by atoms with Gasteiger partial charge in [-0.3, -0.25) is 14.9 Å². The van der Waals surface area contributed by atoms with Crippen molar-refractivity contribution in [3.8, 4) is 17.2 Å². The van der Waals surface area contributed by atoms with Crippen molar-refractivity contribution in [3.63, 3.8) is 0 Å². The van der Waals surface area contributed by atoms with Gasteiger partial charge in [-0.2, -0.15) is 5.10 Å². The molecule has 178 valence electrons. The van der Waals surface area contributed by atoms with Gasteiger partial charge in [0.25, 0.3) is 11.6 Å². The Morgan fingerprint density at radius 1 is 1.06 bits per heavy atom. The molecule has 1 N–H and O–H groups in total. The lowest BCUT2D eigenvalue weighted by atomic mass is 10.1. The second kappa shape index (κ2) is 10.0. The maximum atomic E-state index is 13.0. The third kappa shape index (κ3) is 5.99. The zero-order valence-corrected chi connectivity index (χ0v) is 18.9. The summed E-state index contributed by atoms with van der Waals surface area (Å²) in [7, 11) is 0. The van der Waals surface area contributed by atoms with Crippen molar-refractivity contribution in [1.29, 1.82) is 0 Å². The standard InChI is InChI=1S/C25H21FN4O5/c1-16-3-4-17(2)24(11-16)35-22-13-19(12-20(14-22)30(32)33)27-25(31)23-9-10-29(28-23)15-34-21-7-5-18(26)6-8-21/h3-14H,15H2,1-2H3,(H,27,31). The summed E-state index contributed by atoms with van der Waals surface area (Å²) in [6, 6.07) is 16.7. The number of aromatic nitrogens is 2. The normalized spacial score (nSPS) is 10.6. The number of carbonyl (C=O) groups is 1. The molecule has 0 fully saturated rings. The van der Waals surface area contributed by atoms with E-state index < -0.39 is 10.8 Å². The van der Waals surface area contributed by atoms with Crippen LogP contribution in [0.4, 0.5) is 15.8 Å². The lowest BCUT2D eigenvalue weighted by Crippen LogP contribution is -2.14. The zero-order valence-electron chi connectivity index (χ0n) is 18.9. The Hall–Kier alpha value is -4.73. The van der Waals surface area contributed by atoms with Gasteiger partial charge in [-0.15, -0.1) is 0 Å². The van der Waals surface area contributed by atoms with Gasteiger partial charge in [0, 0.05) is 18.3 Å². The van der Waals surface area contributed by atoms with Crippen LogP contribution in [0.3, 0.4) is 0 Å². The molecule has 0 radical (unpaired) electrons. The smallest absolute Gasteiger partial charge is 0.276 e. The number of hydrogen-bond donors (Lipinski definition) is 1. The molecule has 4 aromatic rings. The predicted molar refractivity (Wildman–Crippen MR) is 126 cm³/mol. The minimum absolute atomic E-state index is 0.00352. The highest BCUT2D eigenvalue weighted by atomic mass is 19.1. The molecule has 0 spiro atoms. The number of ether oxygens (including phenoxy) is 2. The molecule has 3 aromatic carbocycles.